The molecule has 1 heterocycles. The van der Waals surface area contributed by atoms with Gasteiger partial charge in [-0.1, -0.05) is 0 Å². The number of halogens is 2. The largest absolute Gasteiger partial charge is 0.432 e. The Hall–Kier alpha value is -2.29. The molecule has 1 aromatic carbocycles. The first-order valence-electron chi connectivity index (χ1n) is 5.89. The highest BCUT2D eigenvalue weighted by Crippen LogP contribution is 2.36. The van der Waals surface area contributed by atoms with Gasteiger partial charge in [0, 0.05) is 6.54 Å². The van der Waals surface area contributed by atoms with Crippen LogP contribution in [0.3, 0.4) is 0 Å². The van der Waals surface area contributed by atoms with Crippen LogP contribution in [0.4, 0.5) is 15.9 Å². The van der Waals surface area contributed by atoms with E-state index in [9.17, 15) is 14.5 Å². The van der Waals surface area contributed by atoms with Crippen molar-refractivity contribution in [3.63, 3.8) is 0 Å². The van der Waals surface area contributed by atoms with Crippen LogP contribution in [0.1, 0.15) is 6.92 Å². The molecular formula is C12H10BrFN4O3. The van der Waals surface area contributed by atoms with Gasteiger partial charge in [0.25, 0.3) is 0 Å². The van der Waals surface area contributed by atoms with Crippen LogP contribution in [-0.2, 0) is 0 Å². The third kappa shape index (κ3) is 3.43. The third-order valence-corrected chi connectivity index (χ3v) is 3.04. The van der Waals surface area contributed by atoms with E-state index in [1.54, 1.807) is 6.92 Å². The number of benzene rings is 1. The summed E-state index contributed by atoms with van der Waals surface area (Å²) in [6.07, 6.45) is 1.15. The Balaban J connectivity index is 2.43. The van der Waals surface area contributed by atoms with Crippen molar-refractivity contribution in [1.29, 1.82) is 0 Å². The number of aromatic nitrogens is 2. The molecule has 2 rings (SSSR count). The molecule has 110 valence electrons. The van der Waals surface area contributed by atoms with E-state index in [0.29, 0.717) is 11.0 Å². The van der Waals surface area contributed by atoms with Gasteiger partial charge >= 0.3 is 11.6 Å². The highest BCUT2D eigenvalue weighted by molar-refractivity contribution is 9.10. The minimum absolute atomic E-state index is 0.0609. The molecule has 0 radical (unpaired) electrons. The van der Waals surface area contributed by atoms with Gasteiger partial charge in [-0.25, -0.2) is 9.37 Å². The predicted octanol–water partition coefficient (Wildman–Crippen LogP) is 3.51. The van der Waals surface area contributed by atoms with Gasteiger partial charge in [0.2, 0.25) is 5.82 Å². The minimum Gasteiger partial charge on any atom is -0.432 e. The van der Waals surface area contributed by atoms with Crippen LogP contribution in [0.25, 0.3) is 0 Å². The SMILES string of the molecule is CCNc1ncnc(Oc2ccc(F)cc2Br)c1[N+](=O)[O-]. The summed E-state index contributed by atoms with van der Waals surface area (Å²) in [5, 5.41) is 13.9. The van der Waals surface area contributed by atoms with E-state index in [2.05, 4.69) is 31.2 Å². The Bertz CT molecular complexity index is 684. The molecular weight excluding hydrogens is 347 g/mol. The topological polar surface area (TPSA) is 90.2 Å². The molecule has 0 unspecified atom stereocenters. The maximum atomic E-state index is 13.0. The molecule has 7 nitrogen and oxygen atoms in total. The van der Waals surface area contributed by atoms with Crippen LogP contribution in [0, 0.1) is 15.9 Å². The summed E-state index contributed by atoms with van der Waals surface area (Å²) in [6.45, 7) is 2.24. The molecule has 0 fully saturated rings. The first-order chi connectivity index (χ1) is 10.0. The summed E-state index contributed by atoms with van der Waals surface area (Å²) in [5.74, 6) is -0.413. The molecule has 1 N–H and O–H groups in total. The molecule has 9 heteroatoms. The van der Waals surface area contributed by atoms with Crippen LogP contribution in [0.5, 0.6) is 11.6 Å². The summed E-state index contributed by atoms with van der Waals surface area (Å²) in [6, 6.07) is 3.71. The minimum atomic E-state index is -0.634. The molecule has 0 aliphatic carbocycles. The average Bonchev–Trinajstić information content (AvgIpc) is 2.42. The van der Waals surface area contributed by atoms with Gasteiger partial charge in [-0.3, -0.25) is 10.1 Å². The van der Waals surface area contributed by atoms with Gasteiger partial charge in [0.15, 0.2) is 0 Å². The predicted molar refractivity (Wildman–Crippen MR) is 77.0 cm³/mol. The first-order valence-corrected chi connectivity index (χ1v) is 6.68. The molecule has 21 heavy (non-hydrogen) atoms. The lowest BCUT2D eigenvalue weighted by molar-refractivity contribution is -0.385. The lowest BCUT2D eigenvalue weighted by Gasteiger charge is -2.09. The van der Waals surface area contributed by atoms with Crippen molar-refractivity contribution in [2.24, 2.45) is 0 Å². The number of hydrogen-bond donors (Lipinski definition) is 1. The Kier molecular flexibility index (Phi) is 4.63. The van der Waals surface area contributed by atoms with E-state index < -0.39 is 10.7 Å². The van der Waals surface area contributed by atoms with Gasteiger partial charge in [0.1, 0.15) is 17.9 Å². The fraction of sp³-hybridized carbons (Fsp3) is 0.167. The molecule has 0 atom stereocenters. The average molecular weight is 357 g/mol. The quantitative estimate of drug-likeness (QED) is 0.651. The molecule has 0 aliphatic rings. The highest BCUT2D eigenvalue weighted by Gasteiger charge is 2.25. The van der Waals surface area contributed by atoms with Gasteiger partial charge in [0.05, 0.1) is 9.40 Å². The van der Waals surface area contributed by atoms with E-state index in [4.69, 9.17) is 4.74 Å². The molecule has 0 amide bonds. The Morgan fingerprint density at radius 1 is 1.48 bits per heavy atom. The molecule has 2 aromatic rings. The summed E-state index contributed by atoms with van der Waals surface area (Å²) in [5.41, 5.74) is -0.379. The van der Waals surface area contributed by atoms with Crippen molar-refractivity contribution in [1.82, 2.24) is 9.97 Å². The van der Waals surface area contributed by atoms with Crippen molar-refractivity contribution < 1.29 is 14.1 Å². The summed E-state index contributed by atoms with van der Waals surface area (Å²) in [4.78, 5) is 18.1. The van der Waals surface area contributed by atoms with E-state index >= 15 is 0 Å². The second kappa shape index (κ2) is 6.44. The standard InChI is InChI=1S/C12H10BrFN4O3/c1-2-15-11-10(18(19)20)12(17-6-16-11)21-9-4-3-7(14)5-8(9)13/h3-6H,2H2,1H3,(H,15,16,17). The second-order valence-electron chi connectivity index (χ2n) is 3.84. The number of anilines is 1. The number of nitrogens with one attached hydrogen (secondary N) is 1. The maximum absolute atomic E-state index is 13.0. The molecule has 0 saturated heterocycles. The van der Waals surface area contributed by atoms with E-state index in [1.165, 1.54) is 18.2 Å². The Labute approximate surface area is 127 Å². The summed E-state index contributed by atoms with van der Waals surface area (Å²) >= 11 is 3.12. The summed E-state index contributed by atoms with van der Waals surface area (Å²) in [7, 11) is 0. The normalized spacial score (nSPS) is 10.2. The van der Waals surface area contributed by atoms with Crippen LogP contribution in [0.15, 0.2) is 29.0 Å². The van der Waals surface area contributed by atoms with Crippen LogP contribution >= 0.6 is 15.9 Å². The third-order valence-electron chi connectivity index (χ3n) is 2.42. The number of hydrogen-bond acceptors (Lipinski definition) is 6. The number of rotatable bonds is 5. The van der Waals surface area contributed by atoms with Gasteiger partial charge in [-0.15, -0.1) is 0 Å². The lowest BCUT2D eigenvalue weighted by atomic mass is 10.3. The van der Waals surface area contributed by atoms with Crippen LogP contribution < -0.4 is 10.1 Å². The van der Waals surface area contributed by atoms with Crippen molar-refractivity contribution in [3.8, 4) is 11.6 Å². The zero-order valence-corrected chi connectivity index (χ0v) is 12.4. The van der Waals surface area contributed by atoms with Gasteiger partial charge in [-0.05, 0) is 41.1 Å². The lowest BCUT2D eigenvalue weighted by Crippen LogP contribution is -2.06. The van der Waals surface area contributed by atoms with Crippen molar-refractivity contribution in [3.05, 3.63) is 44.9 Å². The van der Waals surface area contributed by atoms with Crippen molar-refractivity contribution in [2.75, 3.05) is 11.9 Å². The number of nitrogens with zero attached hydrogens (tertiary/aromatic N) is 3. The summed E-state index contributed by atoms with van der Waals surface area (Å²) < 4.78 is 18.7. The molecule has 0 aliphatic heterocycles. The monoisotopic (exact) mass is 356 g/mol. The van der Waals surface area contributed by atoms with Gasteiger partial charge < -0.3 is 10.1 Å². The highest BCUT2D eigenvalue weighted by atomic mass is 79.9. The van der Waals surface area contributed by atoms with Crippen molar-refractivity contribution in [2.45, 2.75) is 6.92 Å². The molecule has 0 saturated carbocycles. The Morgan fingerprint density at radius 3 is 2.86 bits per heavy atom. The molecule has 0 bridgehead atoms. The smallest absolute Gasteiger partial charge is 0.373 e. The van der Waals surface area contributed by atoms with E-state index in [0.717, 1.165) is 6.33 Å². The zero-order valence-electron chi connectivity index (χ0n) is 10.8. The maximum Gasteiger partial charge on any atom is 0.373 e. The van der Waals surface area contributed by atoms with Gasteiger partial charge in [-0.2, -0.15) is 4.98 Å². The Morgan fingerprint density at radius 2 is 2.24 bits per heavy atom. The fourth-order valence-electron chi connectivity index (χ4n) is 1.56. The van der Waals surface area contributed by atoms with Crippen molar-refractivity contribution >= 4 is 27.4 Å². The second-order valence-corrected chi connectivity index (χ2v) is 4.69. The van der Waals surface area contributed by atoms with Crippen LogP contribution in [-0.4, -0.2) is 21.4 Å². The van der Waals surface area contributed by atoms with E-state index in [-0.39, 0.29) is 23.1 Å². The zero-order chi connectivity index (χ0) is 15.4. The molecule has 1 aromatic heterocycles. The number of ether oxygens (including phenoxy) is 1. The fourth-order valence-corrected chi connectivity index (χ4v) is 1.99. The first kappa shape index (κ1) is 15.1. The van der Waals surface area contributed by atoms with E-state index in [1.807, 2.05) is 0 Å². The van der Waals surface area contributed by atoms with Crippen LogP contribution in [0.2, 0.25) is 0 Å². The molecule has 0 spiro atoms. The number of nitro groups is 1.